The molecule has 1 aromatic rings. The van der Waals surface area contributed by atoms with Gasteiger partial charge in [0.1, 0.15) is 0 Å². The van der Waals surface area contributed by atoms with E-state index in [2.05, 4.69) is 10.2 Å². The average molecular weight is 254 g/mol. The summed E-state index contributed by atoms with van der Waals surface area (Å²) >= 11 is 0. The molecule has 18 heavy (non-hydrogen) atoms. The zero-order valence-corrected chi connectivity index (χ0v) is 10.5. The fraction of sp³-hybridized carbons (Fsp3) is 0.538. The monoisotopic (exact) mass is 254 g/mol. The number of aliphatic hydroxyl groups is 1. The van der Waals surface area contributed by atoms with Crippen LogP contribution in [0.5, 0.6) is 5.75 Å². The predicted octanol–water partition coefficient (Wildman–Crippen LogP) is 0.773. The Bertz CT molecular complexity index is 395. The molecule has 1 heterocycles. The number of rotatable bonds is 4. The first-order valence-corrected chi connectivity index (χ1v) is 6.15. The van der Waals surface area contributed by atoms with E-state index in [0.717, 1.165) is 31.7 Å². The van der Waals surface area contributed by atoms with E-state index in [0.29, 0.717) is 0 Å². The van der Waals surface area contributed by atoms with Gasteiger partial charge in [-0.05, 0) is 17.7 Å². The predicted molar refractivity (Wildman–Crippen MR) is 67.2 cm³/mol. The minimum Gasteiger partial charge on any atom is -0.494 e. The second kappa shape index (κ2) is 6.13. The summed E-state index contributed by atoms with van der Waals surface area (Å²) in [5.74, 6) is -0.153. The zero-order valence-electron chi connectivity index (χ0n) is 10.5. The van der Waals surface area contributed by atoms with E-state index in [1.165, 1.54) is 13.2 Å². The third kappa shape index (κ3) is 2.80. The van der Waals surface area contributed by atoms with Gasteiger partial charge in [-0.2, -0.15) is 0 Å². The molecule has 1 aliphatic rings. The first-order valence-electron chi connectivity index (χ1n) is 6.15. The maximum Gasteiger partial charge on any atom is 0.165 e. The Balaban J connectivity index is 2.18. The fourth-order valence-electron chi connectivity index (χ4n) is 2.32. The summed E-state index contributed by atoms with van der Waals surface area (Å²) in [5, 5.41) is 12.8. The summed E-state index contributed by atoms with van der Waals surface area (Å²) in [6.45, 7) is 3.51. The van der Waals surface area contributed by atoms with E-state index in [1.807, 2.05) is 6.07 Å². The molecule has 0 spiro atoms. The molecule has 5 heteroatoms. The molecule has 1 fully saturated rings. The van der Waals surface area contributed by atoms with E-state index in [4.69, 9.17) is 4.74 Å². The highest BCUT2D eigenvalue weighted by atomic mass is 19.1. The topological polar surface area (TPSA) is 44.7 Å². The number of benzene rings is 1. The van der Waals surface area contributed by atoms with Crippen LogP contribution in [0.4, 0.5) is 4.39 Å². The van der Waals surface area contributed by atoms with Crippen LogP contribution in [0.1, 0.15) is 11.6 Å². The number of methoxy groups -OCH3 is 1. The SMILES string of the molecule is COc1ccc(C(CO)N2CCNCC2)cc1F. The van der Waals surface area contributed by atoms with Crippen molar-refractivity contribution in [3.05, 3.63) is 29.6 Å². The Hall–Kier alpha value is -1.17. The number of piperazine rings is 1. The van der Waals surface area contributed by atoms with Crippen LogP contribution in [0.15, 0.2) is 18.2 Å². The molecule has 0 aromatic heterocycles. The third-order valence-corrected chi connectivity index (χ3v) is 3.33. The van der Waals surface area contributed by atoms with Crippen molar-refractivity contribution in [2.45, 2.75) is 6.04 Å². The molecule has 1 aliphatic heterocycles. The summed E-state index contributed by atoms with van der Waals surface area (Å²) in [7, 11) is 1.44. The van der Waals surface area contributed by atoms with Crippen LogP contribution in [0.3, 0.4) is 0 Å². The maximum absolute atomic E-state index is 13.7. The van der Waals surface area contributed by atoms with Crippen LogP contribution in [-0.2, 0) is 0 Å². The third-order valence-electron chi connectivity index (χ3n) is 3.33. The largest absolute Gasteiger partial charge is 0.494 e. The highest BCUT2D eigenvalue weighted by Crippen LogP contribution is 2.25. The van der Waals surface area contributed by atoms with Crippen molar-refractivity contribution >= 4 is 0 Å². The van der Waals surface area contributed by atoms with Crippen LogP contribution in [0.2, 0.25) is 0 Å². The Morgan fingerprint density at radius 3 is 2.72 bits per heavy atom. The first kappa shape index (κ1) is 13.3. The van der Waals surface area contributed by atoms with Crippen LogP contribution >= 0.6 is 0 Å². The molecule has 0 saturated carbocycles. The molecule has 0 bridgehead atoms. The van der Waals surface area contributed by atoms with Gasteiger partial charge in [0.15, 0.2) is 11.6 Å². The normalized spacial score (nSPS) is 18.6. The number of halogens is 1. The van der Waals surface area contributed by atoms with Crippen LogP contribution in [0, 0.1) is 5.82 Å². The smallest absolute Gasteiger partial charge is 0.165 e. The second-order valence-corrected chi connectivity index (χ2v) is 4.38. The lowest BCUT2D eigenvalue weighted by Crippen LogP contribution is -2.46. The molecular formula is C13H19FN2O2. The van der Waals surface area contributed by atoms with Crippen molar-refractivity contribution in [1.29, 1.82) is 0 Å². The molecule has 1 aromatic carbocycles. The minimum atomic E-state index is -0.386. The Morgan fingerprint density at radius 1 is 1.44 bits per heavy atom. The van der Waals surface area contributed by atoms with Gasteiger partial charge in [0.2, 0.25) is 0 Å². The molecule has 2 N–H and O–H groups in total. The minimum absolute atomic E-state index is 0.00817. The van der Waals surface area contributed by atoms with Crippen LogP contribution < -0.4 is 10.1 Å². The van der Waals surface area contributed by atoms with Crippen LogP contribution in [0.25, 0.3) is 0 Å². The van der Waals surface area contributed by atoms with Crippen molar-refractivity contribution in [3.63, 3.8) is 0 Å². The van der Waals surface area contributed by atoms with Gasteiger partial charge in [0.05, 0.1) is 19.8 Å². The lowest BCUT2D eigenvalue weighted by molar-refractivity contribution is 0.110. The summed E-state index contributed by atoms with van der Waals surface area (Å²) < 4.78 is 18.6. The van der Waals surface area contributed by atoms with Crippen molar-refractivity contribution in [2.24, 2.45) is 0 Å². The van der Waals surface area contributed by atoms with Crippen molar-refractivity contribution in [1.82, 2.24) is 10.2 Å². The van der Waals surface area contributed by atoms with E-state index in [1.54, 1.807) is 6.07 Å². The van der Waals surface area contributed by atoms with E-state index < -0.39 is 0 Å². The Kier molecular flexibility index (Phi) is 4.52. The molecule has 0 radical (unpaired) electrons. The lowest BCUT2D eigenvalue weighted by Gasteiger charge is -2.34. The highest BCUT2D eigenvalue weighted by Gasteiger charge is 2.22. The van der Waals surface area contributed by atoms with Crippen molar-refractivity contribution < 1.29 is 14.2 Å². The van der Waals surface area contributed by atoms with E-state index in [9.17, 15) is 9.50 Å². The molecule has 2 rings (SSSR count). The number of nitrogens with one attached hydrogen (secondary N) is 1. The summed E-state index contributed by atoms with van der Waals surface area (Å²) in [6, 6.07) is 4.72. The highest BCUT2D eigenvalue weighted by molar-refractivity contribution is 5.31. The zero-order chi connectivity index (χ0) is 13.0. The van der Waals surface area contributed by atoms with Gasteiger partial charge < -0.3 is 15.2 Å². The van der Waals surface area contributed by atoms with Crippen LogP contribution in [-0.4, -0.2) is 49.9 Å². The molecular weight excluding hydrogens is 235 g/mol. The Labute approximate surface area is 106 Å². The molecule has 100 valence electrons. The molecule has 4 nitrogen and oxygen atoms in total. The molecule has 1 saturated heterocycles. The van der Waals surface area contributed by atoms with Gasteiger partial charge in [-0.1, -0.05) is 6.07 Å². The maximum atomic E-state index is 13.7. The lowest BCUT2D eigenvalue weighted by atomic mass is 10.0. The number of hydrogen-bond acceptors (Lipinski definition) is 4. The molecule has 0 aliphatic carbocycles. The molecule has 1 atom stereocenters. The Morgan fingerprint density at radius 2 is 2.17 bits per heavy atom. The van der Waals surface area contributed by atoms with Gasteiger partial charge in [-0.3, -0.25) is 4.90 Å². The van der Waals surface area contributed by atoms with E-state index >= 15 is 0 Å². The number of aliphatic hydroxyl groups excluding tert-OH is 1. The fourth-order valence-corrected chi connectivity index (χ4v) is 2.32. The standard InChI is InChI=1S/C13H19FN2O2/c1-18-13-3-2-10(8-11(13)14)12(9-17)16-6-4-15-5-7-16/h2-3,8,12,15,17H,4-7,9H2,1H3. The van der Waals surface area contributed by atoms with E-state index in [-0.39, 0.29) is 24.2 Å². The average Bonchev–Trinajstić information content (AvgIpc) is 2.41. The number of ether oxygens (including phenoxy) is 1. The van der Waals surface area contributed by atoms with Gasteiger partial charge in [0.25, 0.3) is 0 Å². The van der Waals surface area contributed by atoms with Gasteiger partial charge in [0, 0.05) is 26.2 Å². The second-order valence-electron chi connectivity index (χ2n) is 4.38. The van der Waals surface area contributed by atoms with Gasteiger partial charge in [-0.25, -0.2) is 4.39 Å². The van der Waals surface area contributed by atoms with Crippen molar-refractivity contribution in [3.8, 4) is 5.75 Å². The molecule has 1 unspecified atom stereocenters. The summed E-state index contributed by atoms with van der Waals surface area (Å²) in [6.07, 6.45) is 0. The quantitative estimate of drug-likeness (QED) is 0.833. The summed E-state index contributed by atoms with van der Waals surface area (Å²) in [5.41, 5.74) is 0.790. The first-order chi connectivity index (χ1) is 8.76. The molecule has 0 amide bonds. The number of nitrogens with zero attached hydrogens (tertiary/aromatic N) is 1. The van der Waals surface area contributed by atoms with Gasteiger partial charge in [-0.15, -0.1) is 0 Å². The van der Waals surface area contributed by atoms with Crippen molar-refractivity contribution in [2.75, 3.05) is 39.9 Å². The van der Waals surface area contributed by atoms with Gasteiger partial charge >= 0.3 is 0 Å². The summed E-state index contributed by atoms with van der Waals surface area (Å²) in [4.78, 5) is 2.16. The number of hydrogen-bond donors (Lipinski definition) is 2.